The summed E-state index contributed by atoms with van der Waals surface area (Å²) in [5.41, 5.74) is 0. The Bertz CT molecular complexity index is 1070. The van der Waals surface area contributed by atoms with Crippen molar-refractivity contribution < 1.29 is 56.8 Å². The van der Waals surface area contributed by atoms with Gasteiger partial charge in [-0.25, -0.2) is 0 Å². The highest BCUT2D eigenvalue weighted by molar-refractivity contribution is 7.85. The summed E-state index contributed by atoms with van der Waals surface area (Å²) in [5.74, 6) is -1.98. The third kappa shape index (κ3) is 27.1. The second-order valence-electron chi connectivity index (χ2n) is 15.0. The Morgan fingerprint density at radius 3 is 1.54 bits per heavy atom. The first kappa shape index (κ1) is 50.4. The Morgan fingerprint density at radius 2 is 1.06 bits per heavy atom. The summed E-state index contributed by atoms with van der Waals surface area (Å²) in [7, 11) is -4.59. The molecular formula is C41H76O12S. The van der Waals surface area contributed by atoms with E-state index in [0.717, 1.165) is 51.4 Å². The summed E-state index contributed by atoms with van der Waals surface area (Å²) in [6.07, 6.45) is 22.7. The van der Waals surface area contributed by atoms with Crippen molar-refractivity contribution in [3.05, 3.63) is 12.2 Å². The van der Waals surface area contributed by atoms with Gasteiger partial charge in [0.15, 0.2) is 12.4 Å². The number of ether oxygens (including phenoxy) is 4. The number of aliphatic hydroxyl groups is 3. The van der Waals surface area contributed by atoms with Crippen molar-refractivity contribution in [3.63, 3.8) is 0 Å². The van der Waals surface area contributed by atoms with Crippen LogP contribution in [0.5, 0.6) is 0 Å². The molecule has 318 valence electrons. The number of aliphatic hydroxyl groups excluding tert-OH is 3. The van der Waals surface area contributed by atoms with E-state index in [0.29, 0.717) is 12.8 Å². The lowest BCUT2D eigenvalue weighted by atomic mass is 10.00. The second kappa shape index (κ2) is 32.5. The molecule has 1 rings (SSSR count). The Labute approximate surface area is 326 Å². The van der Waals surface area contributed by atoms with Gasteiger partial charge in [-0.15, -0.1) is 0 Å². The molecule has 0 bridgehead atoms. The number of hydrogen-bond donors (Lipinski definition) is 4. The summed E-state index contributed by atoms with van der Waals surface area (Å²) >= 11 is 0. The Morgan fingerprint density at radius 1 is 0.611 bits per heavy atom. The number of unbranched alkanes of at least 4 members (excludes halogenated alkanes) is 21. The summed E-state index contributed by atoms with van der Waals surface area (Å²) < 4.78 is 53.9. The molecular weight excluding hydrogens is 717 g/mol. The van der Waals surface area contributed by atoms with E-state index in [9.17, 15) is 37.9 Å². The van der Waals surface area contributed by atoms with Crippen LogP contribution in [0, 0.1) is 0 Å². The van der Waals surface area contributed by atoms with Crippen molar-refractivity contribution in [3.8, 4) is 0 Å². The first-order chi connectivity index (χ1) is 26.0. The molecule has 1 fully saturated rings. The second-order valence-corrected chi connectivity index (χ2v) is 16.5. The van der Waals surface area contributed by atoms with Gasteiger partial charge in [0.1, 0.15) is 36.8 Å². The minimum atomic E-state index is -4.59. The van der Waals surface area contributed by atoms with E-state index in [2.05, 4.69) is 26.0 Å². The smallest absolute Gasteiger partial charge is 0.306 e. The molecule has 0 aromatic carbocycles. The van der Waals surface area contributed by atoms with Crippen LogP contribution in [-0.2, 0) is 38.7 Å². The van der Waals surface area contributed by atoms with Gasteiger partial charge in [-0.1, -0.05) is 142 Å². The maximum Gasteiger partial charge on any atom is 0.306 e. The fourth-order valence-corrected chi connectivity index (χ4v) is 7.19. The van der Waals surface area contributed by atoms with Crippen molar-refractivity contribution in [1.29, 1.82) is 0 Å². The highest BCUT2D eigenvalue weighted by atomic mass is 32.2. The van der Waals surface area contributed by atoms with Crippen molar-refractivity contribution in [2.24, 2.45) is 0 Å². The van der Waals surface area contributed by atoms with Gasteiger partial charge in [-0.05, 0) is 38.5 Å². The Kier molecular flexibility index (Phi) is 30.3. The van der Waals surface area contributed by atoms with E-state index in [1.54, 1.807) is 0 Å². The zero-order chi connectivity index (χ0) is 39.9. The minimum Gasteiger partial charge on any atom is -0.462 e. The first-order valence-corrected chi connectivity index (χ1v) is 22.9. The highest BCUT2D eigenvalue weighted by Gasteiger charge is 2.46. The zero-order valence-electron chi connectivity index (χ0n) is 33.6. The summed E-state index contributed by atoms with van der Waals surface area (Å²) in [6, 6.07) is 0. The number of allylic oxidation sites excluding steroid dienone is 2. The van der Waals surface area contributed by atoms with Crippen molar-refractivity contribution >= 4 is 22.1 Å². The molecule has 0 radical (unpaired) electrons. The lowest BCUT2D eigenvalue weighted by Crippen LogP contribution is -2.60. The third-order valence-electron chi connectivity index (χ3n) is 9.85. The van der Waals surface area contributed by atoms with Crippen LogP contribution >= 0.6 is 0 Å². The summed E-state index contributed by atoms with van der Waals surface area (Å²) in [4.78, 5) is 25.2. The van der Waals surface area contributed by atoms with E-state index in [-0.39, 0.29) is 19.4 Å². The van der Waals surface area contributed by atoms with E-state index >= 15 is 0 Å². The van der Waals surface area contributed by atoms with E-state index in [1.165, 1.54) is 89.9 Å². The lowest BCUT2D eigenvalue weighted by molar-refractivity contribution is -0.297. The molecule has 0 aromatic rings. The number of esters is 2. The standard InChI is InChI=1S/C41H76O12S/c1-3-5-7-9-11-13-14-15-16-17-18-19-20-22-24-26-28-30-37(43)52-34(31-50-36(42)29-27-25-23-21-12-10-8-6-4-2)32-51-41-40(46)39(45)38(44)35(53-41)33-54(47,48)49/h15-16,34-35,38-41,44-46H,3-14,17-33H2,1-2H3,(H,47,48,49)/b16-15+/t34-,35-,38-,39?,40?,41+/m1/s1. The van der Waals surface area contributed by atoms with Gasteiger partial charge in [-0.3, -0.25) is 14.1 Å². The van der Waals surface area contributed by atoms with Gasteiger partial charge in [0.05, 0.1) is 6.61 Å². The third-order valence-corrected chi connectivity index (χ3v) is 10.6. The van der Waals surface area contributed by atoms with Gasteiger partial charge in [-0.2, -0.15) is 8.42 Å². The van der Waals surface area contributed by atoms with Gasteiger partial charge >= 0.3 is 11.9 Å². The Hall–Kier alpha value is -1.61. The molecule has 1 saturated heterocycles. The molecule has 4 N–H and O–H groups in total. The predicted octanol–water partition coefficient (Wildman–Crippen LogP) is 7.89. The fourth-order valence-electron chi connectivity index (χ4n) is 6.49. The van der Waals surface area contributed by atoms with Gasteiger partial charge in [0.2, 0.25) is 0 Å². The van der Waals surface area contributed by atoms with E-state index in [1.807, 2.05) is 0 Å². The van der Waals surface area contributed by atoms with Crippen LogP contribution in [0.4, 0.5) is 0 Å². The number of carbonyl (C=O) groups excluding carboxylic acids is 2. The van der Waals surface area contributed by atoms with Crippen LogP contribution in [0.2, 0.25) is 0 Å². The molecule has 0 saturated carbocycles. The SMILES string of the molecule is CCCCCCCC/C=C/CCCCCCCCCC(=O)O[C@H](COC(=O)CCCCCCCCCCC)CO[C@H]1O[C@H](CS(=O)(=O)O)[C@@H](O)C(O)C1O. The summed E-state index contributed by atoms with van der Waals surface area (Å²) in [5, 5.41) is 30.8. The lowest BCUT2D eigenvalue weighted by Gasteiger charge is -2.40. The molecule has 2 unspecified atom stereocenters. The zero-order valence-corrected chi connectivity index (χ0v) is 34.4. The van der Waals surface area contributed by atoms with Crippen LogP contribution in [0.3, 0.4) is 0 Å². The average Bonchev–Trinajstić information content (AvgIpc) is 3.13. The monoisotopic (exact) mass is 793 g/mol. The van der Waals surface area contributed by atoms with Crippen LogP contribution in [0.1, 0.15) is 181 Å². The van der Waals surface area contributed by atoms with Crippen molar-refractivity contribution in [2.45, 2.75) is 218 Å². The first-order valence-electron chi connectivity index (χ1n) is 21.2. The molecule has 1 aliphatic rings. The molecule has 1 aliphatic heterocycles. The largest absolute Gasteiger partial charge is 0.462 e. The predicted molar refractivity (Wildman–Crippen MR) is 210 cm³/mol. The van der Waals surface area contributed by atoms with E-state index in [4.69, 9.17) is 18.9 Å². The topological polar surface area (TPSA) is 186 Å². The van der Waals surface area contributed by atoms with Crippen LogP contribution in [-0.4, -0.2) is 96.0 Å². The van der Waals surface area contributed by atoms with Crippen LogP contribution in [0.15, 0.2) is 12.2 Å². The molecule has 0 aromatic heterocycles. The van der Waals surface area contributed by atoms with Gasteiger partial charge < -0.3 is 34.3 Å². The number of carbonyl (C=O) groups is 2. The summed E-state index contributed by atoms with van der Waals surface area (Å²) in [6.45, 7) is 3.72. The van der Waals surface area contributed by atoms with E-state index < -0.39 is 71.2 Å². The molecule has 54 heavy (non-hydrogen) atoms. The molecule has 1 heterocycles. The normalized spacial score (nSPS) is 21.0. The molecule has 6 atom stereocenters. The molecule has 0 aliphatic carbocycles. The maximum atomic E-state index is 12.8. The van der Waals surface area contributed by atoms with Gasteiger partial charge in [0.25, 0.3) is 10.1 Å². The average molecular weight is 793 g/mol. The molecule has 0 amide bonds. The highest BCUT2D eigenvalue weighted by Crippen LogP contribution is 2.24. The quantitative estimate of drug-likeness (QED) is 0.0211. The number of rotatable bonds is 35. The Balaban J connectivity index is 2.45. The molecule has 12 nitrogen and oxygen atoms in total. The molecule has 0 spiro atoms. The maximum absolute atomic E-state index is 12.8. The minimum absolute atomic E-state index is 0.163. The van der Waals surface area contributed by atoms with Crippen LogP contribution in [0.25, 0.3) is 0 Å². The number of hydrogen-bond acceptors (Lipinski definition) is 11. The van der Waals surface area contributed by atoms with Crippen molar-refractivity contribution in [1.82, 2.24) is 0 Å². The van der Waals surface area contributed by atoms with Gasteiger partial charge in [0, 0.05) is 12.8 Å². The van der Waals surface area contributed by atoms with Crippen LogP contribution < -0.4 is 0 Å². The fraction of sp³-hybridized carbons (Fsp3) is 0.902. The molecule has 13 heteroatoms. The van der Waals surface area contributed by atoms with Crippen molar-refractivity contribution in [2.75, 3.05) is 19.0 Å².